The number of nitrogens with zero attached hydrogens (tertiary/aromatic N) is 1. The topological polar surface area (TPSA) is 51.6 Å². The number of para-hydroxylation sites is 1. The third-order valence-electron chi connectivity index (χ3n) is 4.72. The summed E-state index contributed by atoms with van der Waals surface area (Å²) in [6.45, 7) is 0.840. The molecular weight excluding hydrogens is 288 g/mol. The van der Waals surface area contributed by atoms with Crippen LogP contribution in [-0.4, -0.2) is 11.6 Å². The van der Waals surface area contributed by atoms with Gasteiger partial charge in [0.2, 0.25) is 5.88 Å². The van der Waals surface area contributed by atoms with Gasteiger partial charge in [-0.05, 0) is 38.2 Å². The molecule has 120 valence electrons. The summed E-state index contributed by atoms with van der Waals surface area (Å²) < 4.78 is 5.68. The highest BCUT2D eigenvalue weighted by atomic mass is 16.7. The maximum Gasteiger partial charge on any atom is 0.207 e. The molecule has 1 unspecified atom stereocenters. The number of hydroxylamine groups is 2. The molecule has 1 atom stereocenters. The van der Waals surface area contributed by atoms with Crippen LogP contribution in [0.15, 0.2) is 58.6 Å². The van der Waals surface area contributed by atoms with Gasteiger partial charge in [-0.1, -0.05) is 29.8 Å². The Balaban J connectivity index is 1.54. The summed E-state index contributed by atoms with van der Waals surface area (Å²) in [5.74, 6) is 0.470. The zero-order valence-electron chi connectivity index (χ0n) is 13.2. The zero-order valence-corrected chi connectivity index (χ0v) is 13.2. The lowest BCUT2D eigenvalue weighted by Crippen LogP contribution is -2.25. The van der Waals surface area contributed by atoms with Crippen molar-refractivity contribution in [2.45, 2.75) is 38.1 Å². The summed E-state index contributed by atoms with van der Waals surface area (Å²) in [7, 11) is 0. The predicted molar refractivity (Wildman–Crippen MR) is 90.2 cm³/mol. The minimum Gasteiger partial charge on any atom is -0.464 e. The monoisotopic (exact) mass is 310 g/mol. The molecule has 1 aliphatic carbocycles. The Labute approximate surface area is 136 Å². The van der Waals surface area contributed by atoms with Crippen LogP contribution in [-0.2, 0) is 4.84 Å². The van der Waals surface area contributed by atoms with Gasteiger partial charge >= 0.3 is 0 Å². The van der Waals surface area contributed by atoms with Crippen molar-refractivity contribution in [1.29, 1.82) is 0 Å². The first-order valence-electron chi connectivity index (χ1n) is 8.37. The minimum atomic E-state index is 0.0165. The Morgan fingerprint density at radius 3 is 3.00 bits per heavy atom. The molecule has 0 fully saturated rings. The molecule has 23 heavy (non-hydrogen) atoms. The molecule has 1 aromatic carbocycles. The van der Waals surface area contributed by atoms with Crippen molar-refractivity contribution in [1.82, 2.24) is 5.06 Å². The van der Waals surface area contributed by atoms with Crippen LogP contribution >= 0.6 is 0 Å². The molecule has 1 aromatic heterocycles. The van der Waals surface area contributed by atoms with Crippen LogP contribution in [0, 0.1) is 0 Å². The number of rotatable bonds is 4. The summed E-state index contributed by atoms with van der Waals surface area (Å²) in [4.78, 5) is 5.74. The van der Waals surface area contributed by atoms with Crippen LogP contribution in [0.5, 0.6) is 0 Å². The molecule has 4 nitrogen and oxygen atoms in total. The van der Waals surface area contributed by atoms with Gasteiger partial charge in [-0.2, -0.15) is 0 Å². The Kier molecular flexibility index (Phi) is 3.83. The van der Waals surface area contributed by atoms with Gasteiger partial charge in [0.05, 0.1) is 12.3 Å². The van der Waals surface area contributed by atoms with Crippen molar-refractivity contribution >= 4 is 11.0 Å². The van der Waals surface area contributed by atoms with Gasteiger partial charge in [0.25, 0.3) is 0 Å². The first kappa shape index (κ1) is 14.4. The van der Waals surface area contributed by atoms with E-state index in [9.17, 15) is 0 Å². The number of allylic oxidation sites excluding steroid dienone is 1. The first-order valence-corrected chi connectivity index (χ1v) is 8.37. The summed E-state index contributed by atoms with van der Waals surface area (Å²) >= 11 is 0. The number of benzene rings is 1. The van der Waals surface area contributed by atoms with E-state index in [1.807, 2.05) is 35.6 Å². The second-order valence-corrected chi connectivity index (χ2v) is 6.29. The lowest BCUT2D eigenvalue weighted by molar-refractivity contribution is -0.118. The Hall–Kier alpha value is -2.20. The fraction of sp³-hybridized carbons (Fsp3) is 0.368. The Morgan fingerprint density at radius 2 is 2.13 bits per heavy atom. The molecular formula is C19H22N2O2. The lowest BCUT2D eigenvalue weighted by atomic mass is 9.97. The van der Waals surface area contributed by atoms with E-state index < -0.39 is 0 Å². The van der Waals surface area contributed by atoms with Crippen molar-refractivity contribution in [3.8, 4) is 0 Å². The Morgan fingerprint density at radius 1 is 1.22 bits per heavy atom. The second-order valence-electron chi connectivity index (χ2n) is 6.29. The smallest absolute Gasteiger partial charge is 0.207 e. The average molecular weight is 310 g/mol. The molecule has 4 heteroatoms. The molecule has 1 aliphatic heterocycles. The van der Waals surface area contributed by atoms with Gasteiger partial charge in [-0.25, -0.2) is 0 Å². The van der Waals surface area contributed by atoms with Crippen molar-refractivity contribution in [2.24, 2.45) is 5.73 Å². The highest BCUT2D eigenvalue weighted by Gasteiger charge is 2.29. The number of fused-ring (bicyclic) bond motifs is 1. The van der Waals surface area contributed by atoms with Crippen LogP contribution in [0.2, 0.25) is 0 Å². The molecule has 2 aliphatic rings. The maximum absolute atomic E-state index is 5.93. The molecule has 0 saturated carbocycles. The maximum atomic E-state index is 5.93. The molecule has 2 N–H and O–H groups in total. The fourth-order valence-electron chi connectivity index (χ4n) is 3.50. The van der Waals surface area contributed by atoms with E-state index in [0.717, 1.165) is 29.5 Å². The van der Waals surface area contributed by atoms with Gasteiger partial charge in [0.1, 0.15) is 5.58 Å². The lowest BCUT2D eigenvalue weighted by Gasteiger charge is -2.23. The third-order valence-corrected chi connectivity index (χ3v) is 4.72. The van der Waals surface area contributed by atoms with Gasteiger partial charge < -0.3 is 15.0 Å². The molecule has 0 radical (unpaired) electrons. The van der Waals surface area contributed by atoms with Crippen LogP contribution in [0.25, 0.3) is 11.0 Å². The average Bonchev–Trinajstić information content (AvgIpc) is 3.17. The van der Waals surface area contributed by atoms with E-state index >= 15 is 0 Å². The summed E-state index contributed by atoms with van der Waals surface area (Å²) in [5.41, 5.74) is 9.48. The van der Waals surface area contributed by atoms with Crippen LogP contribution in [0.3, 0.4) is 0 Å². The number of hydrogen-bond acceptors (Lipinski definition) is 4. The first-order chi connectivity index (χ1) is 11.3. The van der Waals surface area contributed by atoms with E-state index in [2.05, 4.69) is 12.1 Å². The molecule has 0 bridgehead atoms. The summed E-state index contributed by atoms with van der Waals surface area (Å²) in [5, 5.41) is 3.09. The highest BCUT2D eigenvalue weighted by Crippen LogP contribution is 2.35. The molecule has 2 heterocycles. The van der Waals surface area contributed by atoms with Gasteiger partial charge in [-0.3, -0.25) is 0 Å². The number of furan rings is 1. The zero-order chi connectivity index (χ0) is 15.6. The van der Waals surface area contributed by atoms with Gasteiger partial charge in [0, 0.05) is 23.6 Å². The van der Waals surface area contributed by atoms with Crippen molar-refractivity contribution < 1.29 is 9.25 Å². The largest absolute Gasteiger partial charge is 0.464 e. The van der Waals surface area contributed by atoms with Crippen molar-refractivity contribution in [3.63, 3.8) is 0 Å². The molecule has 0 saturated heterocycles. The highest BCUT2D eigenvalue weighted by molar-refractivity contribution is 5.81. The van der Waals surface area contributed by atoms with Gasteiger partial charge in [0.15, 0.2) is 0 Å². The third kappa shape index (κ3) is 2.86. The number of nitrogens with two attached hydrogens (primary N) is 1. The van der Waals surface area contributed by atoms with Gasteiger partial charge in [-0.15, -0.1) is 5.06 Å². The summed E-state index contributed by atoms with van der Waals surface area (Å²) in [6, 6.07) is 8.10. The van der Waals surface area contributed by atoms with E-state index in [-0.39, 0.29) is 6.04 Å². The van der Waals surface area contributed by atoms with Crippen LogP contribution < -0.4 is 5.73 Å². The number of hydrogen-bond donors (Lipinski definition) is 1. The van der Waals surface area contributed by atoms with E-state index in [0.29, 0.717) is 5.88 Å². The van der Waals surface area contributed by atoms with E-state index in [4.69, 9.17) is 15.0 Å². The second kappa shape index (κ2) is 6.13. The predicted octanol–water partition coefficient (Wildman–Crippen LogP) is 4.41. The normalized spacial score (nSPS) is 22.0. The minimum absolute atomic E-state index is 0.0165. The van der Waals surface area contributed by atoms with E-state index in [1.165, 1.54) is 25.7 Å². The van der Waals surface area contributed by atoms with Crippen molar-refractivity contribution in [2.75, 3.05) is 6.54 Å². The fourth-order valence-corrected chi connectivity index (χ4v) is 3.50. The van der Waals surface area contributed by atoms with E-state index in [1.54, 1.807) is 5.57 Å². The summed E-state index contributed by atoms with van der Waals surface area (Å²) in [6.07, 6.45) is 12.3. The molecule has 0 spiro atoms. The standard InChI is InChI=1S/C19H22N2O2/c20-19-12-17(16-13-22-18-9-5-4-8-15(16)18)21(23-19)11-10-14-6-2-1-3-7-14/h4-6,8-9,12-13,17H,1-3,7,10-11,20H2. The quantitative estimate of drug-likeness (QED) is 0.850. The Bertz CT molecular complexity index is 760. The molecule has 2 aromatic rings. The molecule has 0 amide bonds. The molecule has 4 rings (SSSR count). The van der Waals surface area contributed by atoms with Crippen LogP contribution in [0.1, 0.15) is 43.7 Å². The SMILES string of the molecule is NC1=CC(c2coc3ccccc23)N(CCC2=CCCCC2)O1. The van der Waals surface area contributed by atoms with Crippen LogP contribution in [0.4, 0.5) is 0 Å². The van der Waals surface area contributed by atoms with Crippen molar-refractivity contribution in [3.05, 3.63) is 59.7 Å².